The molecule has 1 atom stereocenters. The van der Waals surface area contributed by atoms with E-state index in [0.29, 0.717) is 6.54 Å². The minimum Gasteiger partial charge on any atom is -0.497 e. The third-order valence-corrected chi connectivity index (χ3v) is 4.15. The van der Waals surface area contributed by atoms with Crippen molar-refractivity contribution in [3.05, 3.63) is 59.2 Å². The number of carbonyl (C=O) groups is 1. The van der Waals surface area contributed by atoms with Gasteiger partial charge in [-0.15, -0.1) is 0 Å². The van der Waals surface area contributed by atoms with Gasteiger partial charge in [-0.25, -0.2) is 0 Å². The summed E-state index contributed by atoms with van der Waals surface area (Å²) in [7, 11) is 1.65. The molecule has 0 fully saturated rings. The summed E-state index contributed by atoms with van der Waals surface area (Å²) in [5.41, 5.74) is 10.2. The van der Waals surface area contributed by atoms with Crippen LogP contribution in [0, 0.1) is 6.92 Å². The minimum atomic E-state index is -0.631. The van der Waals surface area contributed by atoms with Crippen LogP contribution in [0.1, 0.15) is 22.7 Å². The van der Waals surface area contributed by atoms with Gasteiger partial charge >= 0.3 is 0 Å². The van der Waals surface area contributed by atoms with Gasteiger partial charge in [0.05, 0.1) is 7.11 Å². The van der Waals surface area contributed by atoms with Crippen molar-refractivity contribution in [3.63, 3.8) is 0 Å². The molecule has 0 aliphatic carbocycles. The van der Waals surface area contributed by atoms with Crippen LogP contribution in [0.25, 0.3) is 0 Å². The van der Waals surface area contributed by atoms with E-state index >= 15 is 0 Å². The second kappa shape index (κ2) is 5.81. The van der Waals surface area contributed by atoms with Gasteiger partial charge in [0.15, 0.2) is 0 Å². The number of ether oxygens (including phenoxy) is 1. The van der Waals surface area contributed by atoms with Crippen LogP contribution in [0.15, 0.2) is 42.5 Å². The van der Waals surface area contributed by atoms with Gasteiger partial charge in [0.25, 0.3) is 0 Å². The molecule has 0 bridgehead atoms. The number of hydrogen-bond acceptors (Lipinski definition) is 3. The van der Waals surface area contributed by atoms with Gasteiger partial charge in [0, 0.05) is 12.2 Å². The summed E-state index contributed by atoms with van der Waals surface area (Å²) in [5, 5.41) is 0. The largest absolute Gasteiger partial charge is 0.497 e. The normalized spacial score (nSPS) is 14.6. The van der Waals surface area contributed by atoms with Crippen LogP contribution in [-0.2, 0) is 11.2 Å². The maximum atomic E-state index is 12.7. The van der Waals surface area contributed by atoms with Crippen molar-refractivity contribution in [3.8, 4) is 5.75 Å². The molecular weight excluding hydrogens is 276 g/mol. The topological polar surface area (TPSA) is 55.6 Å². The highest BCUT2D eigenvalue weighted by molar-refractivity contribution is 5.99. The zero-order valence-electron chi connectivity index (χ0n) is 12.9. The summed E-state index contributed by atoms with van der Waals surface area (Å²) in [6.07, 6.45) is 0.832. The first-order chi connectivity index (χ1) is 10.6. The lowest BCUT2D eigenvalue weighted by Gasteiger charge is -2.22. The smallest absolute Gasteiger partial charge is 0.248 e. The van der Waals surface area contributed by atoms with Gasteiger partial charge in [-0.2, -0.15) is 0 Å². The summed E-state index contributed by atoms with van der Waals surface area (Å²) < 4.78 is 5.23. The summed E-state index contributed by atoms with van der Waals surface area (Å²) in [6.45, 7) is 2.68. The van der Waals surface area contributed by atoms with E-state index in [2.05, 4.69) is 0 Å². The SMILES string of the molecule is COc1ccc2c(c1)CCN2C(=O)C(N)c1ccc(C)cc1. The molecular formula is C18H20N2O2. The maximum Gasteiger partial charge on any atom is 0.248 e. The highest BCUT2D eigenvalue weighted by Gasteiger charge is 2.29. The Kier molecular flexibility index (Phi) is 3.86. The summed E-state index contributed by atoms with van der Waals surface area (Å²) in [4.78, 5) is 14.5. The number of anilines is 1. The number of hydrogen-bond donors (Lipinski definition) is 1. The molecule has 1 unspecified atom stereocenters. The Labute approximate surface area is 130 Å². The Morgan fingerprint density at radius 3 is 2.64 bits per heavy atom. The molecule has 1 heterocycles. The van der Waals surface area contributed by atoms with Crippen molar-refractivity contribution in [1.82, 2.24) is 0 Å². The van der Waals surface area contributed by atoms with Gasteiger partial charge in [0.2, 0.25) is 5.91 Å². The zero-order chi connectivity index (χ0) is 15.7. The van der Waals surface area contributed by atoms with E-state index in [1.54, 1.807) is 12.0 Å². The molecule has 0 radical (unpaired) electrons. The van der Waals surface area contributed by atoms with Crippen molar-refractivity contribution in [1.29, 1.82) is 0 Å². The van der Waals surface area contributed by atoms with Crippen molar-refractivity contribution >= 4 is 11.6 Å². The highest BCUT2D eigenvalue weighted by Crippen LogP contribution is 2.32. The zero-order valence-corrected chi connectivity index (χ0v) is 12.9. The number of rotatable bonds is 3. The van der Waals surface area contributed by atoms with Crippen LogP contribution < -0.4 is 15.4 Å². The molecule has 1 aliphatic heterocycles. The predicted molar refractivity (Wildman–Crippen MR) is 87.2 cm³/mol. The molecule has 2 aromatic rings. The van der Waals surface area contributed by atoms with Crippen LogP contribution in [0.4, 0.5) is 5.69 Å². The first kappa shape index (κ1) is 14.6. The Balaban J connectivity index is 1.84. The van der Waals surface area contributed by atoms with Crippen molar-refractivity contribution in [2.75, 3.05) is 18.6 Å². The van der Waals surface area contributed by atoms with Gasteiger partial charge < -0.3 is 15.4 Å². The fraction of sp³-hybridized carbons (Fsp3) is 0.278. The van der Waals surface area contributed by atoms with E-state index in [4.69, 9.17) is 10.5 Å². The summed E-state index contributed by atoms with van der Waals surface area (Å²) in [6, 6.07) is 13.0. The number of aryl methyl sites for hydroxylation is 1. The van der Waals surface area contributed by atoms with Gasteiger partial charge in [-0.05, 0) is 42.7 Å². The van der Waals surface area contributed by atoms with E-state index < -0.39 is 6.04 Å². The van der Waals surface area contributed by atoms with E-state index in [1.807, 2.05) is 49.4 Å². The first-order valence-electron chi connectivity index (χ1n) is 7.40. The fourth-order valence-corrected chi connectivity index (χ4v) is 2.82. The third-order valence-electron chi connectivity index (χ3n) is 4.15. The Morgan fingerprint density at radius 1 is 1.23 bits per heavy atom. The number of carbonyl (C=O) groups excluding carboxylic acids is 1. The lowest BCUT2D eigenvalue weighted by Crippen LogP contribution is -2.37. The summed E-state index contributed by atoms with van der Waals surface area (Å²) in [5.74, 6) is 0.753. The molecule has 22 heavy (non-hydrogen) atoms. The van der Waals surface area contributed by atoms with Crippen LogP contribution in [-0.4, -0.2) is 19.6 Å². The van der Waals surface area contributed by atoms with Crippen molar-refractivity contribution < 1.29 is 9.53 Å². The molecule has 0 aromatic heterocycles. The Hall–Kier alpha value is -2.33. The lowest BCUT2D eigenvalue weighted by molar-refractivity contribution is -0.119. The number of amides is 1. The fourth-order valence-electron chi connectivity index (χ4n) is 2.82. The second-order valence-corrected chi connectivity index (χ2v) is 5.62. The number of nitrogens with two attached hydrogens (primary N) is 1. The minimum absolute atomic E-state index is 0.0623. The highest BCUT2D eigenvalue weighted by atomic mass is 16.5. The maximum absolute atomic E-state index is 12.7. The predicted octanol–water partition coefficient (Wildman–Crippen LogP) is 2.59. The van der Waals surface area contributed by atoms with Gasteiger partial charge in [-0.3, -0.25) is 4.79 Å². The second-order valence-electron chi connectivity index (χ2n) is 5.62. The van der Waals surface area contributed by atoms with E-state index in [9.17, 15) is 4.79 Å². The molecule has 2 N–H and O–H groups in total. The quantitative estimate of drug-likeness (QED) is 0.947. The average molecular weight is 296 g/mol. The average Bonchev–Trinajstić information content (AvgIpc) is 2.97. The van der Waals surface area contributed by atoms with E-state index in [0.717, 1.165) is 34.5 Å². The molecule has 2 aromatic carbocycles. The van der Waals surface area contributed by atoms with Crippen LogP contribution >= 0.6 is 0 Å². The van der Waals surface area contributed by atoms with E-state index in [1.165, 1.54) is 0 Å². The molecule has 3 rings (SSSR count). The lowest BCUT2D eigenvalue weighted by atomic mass is 10.0. The number of nitrogens with zero attached hydrogens (tertiary/aromatic N) is 1. The van der Waals surface area contributed by atoms with Gasteiger partial charge in [-0.1, -0.05) is 29.8 Å². The van der Waals surface area contributed by atoms with Gasteiger partial charge in [0.1, 0.15) is 11.8 Å². The van der Waals surface area contributed by atoms with Crippen LogP contribution in [0.5, 0.6) is 5.75 Å². The monoisotopic (exact) mass is 296 g/mol. The Bertz CT molecular complexity index is 695. The molecule has 4 nitrogen and oxygen atoms in total. The molecule has 1 amide bonds. The van der Waals surface area contributed by atoms with Crippen LogP contribution in [0.3, 0.4) is 0 Å². The molecule has 0 saturated carbocycles. The molecule has 4 heteroatoms. The molecule has 0 saturated heterocycles. The molecule has 1 aliphatic rings. The number of methoxy groups -OCH3 is 1. The molecule has 0 spiro atoms. The van der Waals surface area contributed by atoms with Crippen molar-refractivity contribution in [2.24, 2.45) is 5.73 Å². The third kappa shape index (κ3) is 2.57. The molecule has 114 valence electrons. The van der Waals surface area contributed by atoms with Crippen LogP contribution in [0.2, 0.25) is 0 Å². The number of benzene rings is 2. The Morgan fingerprint density at radius 2 is 1.95 bits per heavy atom. The standard InChI is InChI=1S/C18H20N2O2/c1-12-3-5-13(6-4-12)17(19)18(21)20-10-9-14-11-15(22-2)7-8-16(14)20/h3-8,11,17H,9-10,19H2,1-2H3. The van der Waals surface area contributed by atoms with Crippen molar-refractivity contribution in [2.45, 2.75) is 19.4 Å². The van der Waals surface area contributed by atoms with E-state index in [-0.39, 0.29) is 5.91 Å². The number of fused-ring (bicyclic) bond motifs is 1. The summed E-state index contributed by atoms with van der Waals surface area (Å²) >= 11 is 0. The first-order valence-corrected chi connectivity index (χ1v) is 7.40.